The van der Waals surface area contributed by atoms with E-state index in [1.54, 1.807) is 24.3 Å². The molecule has 1 aliphatic carbocycles. The molecule has 1 aromatic carbocycles. The Morgan fingerprint density at radius 2 is 1.92 bits per heavy atom. The zero-order valence-corrected chi connectivity index (χ0v) is 15.0. The monoisotopic (exact) mass is 377 g/mol. The van der Waals surface area contributed by atoms with Crippen LogP contribution in [0, 0.1) is 0 Å². The number of carbonyl (C=O) groups excluding carboxylic acids is 1. The molecule has 1 saturated heterocycles. The first-order chi connectivity index (χ1) is 12.3. The molecular weight excluding hydrogens is 358 g/mol. The van der Waals surface area contributed by atoms with Crippen LogP contribution >= 0.6 is 0 Å². The number of sulfone groups is 1. The predicted molar refractivity (Wildman–Crippen MR) is 92.3 cm³/mol. The Bertz CT molecular complexity index is 934. The number of likely N-dealkylation sites (N-methyl/N-ethyl adjacent to an activating group) is 1. The smallest absolute Gasteiger partial charge is 0.253 e. The van der Waals surface area contributed by atoms with Crippen molar-refractivity contribution in [1.82, 2.24) is 15.0 Å². The molecule has 26 heavy (non-hydrogen) atoms. The highest BCUT2D eigenvalue weighted by atomic mass is 32.2. The van der Waals surface area contributed by atoms with Crippen molar-refractivity contribution in [2.24, 2.45) is 0 Å². The Morgan fingerprint density at radius 3 is 2.50 bits per heavy atom. The van der Waals surface area contributed by atoms with E-state index < -0.39 is 22.0 Å². The Morgan fingerprint density at radius 1 is 1.23 bits per heavy atom. The SMILES string of the molecule is CN(C(=O)c1ccc(-c2noc(C3CC3)n2)cc1)[C@@H]1CS(=O)(=O)C[C@H]1O. The molecule has 1 saturated carbocycles. The Balaban J connectivity index is 1.49. The number of carbonyl (C=O) groups is 1. The van der Waals surface area contributed by atoms with Crippen LogP contribution in [0.1, 0.15) is 35.0 Å². The number of aromatic nitrogens is 2. The van der Waals surface area contributed by atoms with Crippen LogP contribution < -0.4 is 0 Å². The molecule has 8 nitrogen and oxygen atoms in total. The number of hydrogen-bond acceptors (Lipinski definition) is 7. The maximum absolute atomic E-state index is 12.6. The largest absolute Gasteiger partial charge is 0.390 e. The van der Waals surface area contributed by atoms with Crippen LogP contribution in [0.4, 0.5) is 0 Å². The molecule has 1 aliphatic heterocycles. The van der Waals surface area contributed by atoms with Crippen LogP contribution in [-0.2, 0) is 9.84 Å². The van der Waals surface area contributed by atoms with Crippen LogP contribution in [0.25, 0.3) is 11.4 Å². The van der Waals surface area contributed by atoms with Crippen LogP contribution in [0.5, 0.6) is 0 Å². The zero-order chi connectivity index (χ0) is 18.5. The summed E-state index contributed by atoms with van der Waals surface area (Å²) in [6, 6.07) is 5.99. The third kappa shape index (κ3) is 3.24. The molecule has 1 N–H and O–H groups in total. The van der Waals surface area contributed by atoms with E-state index in [0.29, 0.717) is 23.2 Å². The molecule has 0 radical (unpaired) electrons. The van der Waals surface area contributed by atoms with E-state index in [1.807, 2.05) is 0 Å². The molecule has 1 amide bonds. The maximum Gasteiger partial charge on any atom is 0.253 e. The van der Waals surface area contributed by atoms with E-state index in [1.165, 1.54) is 11.9 Å². The summed E-state index contributed by atoms with van der Waals surface area (Å²) in [4.78, 5) is 18.3. The molecule has 0 bridgehead atoms. The number of benzene rings is 1. The minimum absolute atomic E-state index is 0.221. The molecule has 2 atom stereocenters. The molecule has 2 heterocycles. The molecule has 2 fully saturated rings. The predicted octanol–water partition coefficient (Wildman–Crippen LogP) is 0.844. The Labute approximate surface area is 150 Å². The van der Waals surface area contributed by atoms with Crippen molar-refractivity contribution in [3.05, 3.63) is 35.7 Å². The average Bonchev–Trinajstić information content (AvgIpc) is 3.27. The highest BCUT2D eigenvalue weighted by molar-refractivity contribution is 7.91. The van der Waals surface area contributed by atoms with Gasteiger partial charge in [0, 0.05) is 24.1 Å². The lowest BCUT2D eigenvalue weighted by Gasteiger charge is -2.26. The summed E-state index contributed by atoms with van der Waals surface area (Å²) in [6.45, 7) is 0. The average molecular weight is 377 g/mol. The second-order valence-electron chi connectivity index (χ2n) is 6.94. The minimum Gasteiger partial charge on any atom is -0.390 e. The number of nitrogens with zero attached hydrogens (tertiary/aromatic N) is 3. The van der Waals surface area contributed by atoms with Gasteiger partial charge in [-0.15, -0.1) is 0 Å². The highest BCUT2D eigenvalue weighted by Crippen LogP contribution is 2.39. The fourth-order valence-electron chi connectivity index (χ4n) is 3.15. The summed E-state index contributed by atoms with van der Waals surface area (Å²) >= 11 is 0. The van der Waals surface area contributed by atoms with Crippen molar-refractivity contribution in [2.75, 3.05) is 18.6 Å². The van der Waals surface area contributed by atoms with E-state index in [-0.39, 0.29) is 17.4 Å². The molecule has 9 heteroatoms. The van der Waals surface area contributed by atoms with Gasteiger partial charge in [0.1, 0.15) is 0 Å². The van der Waals surface area contributed by atoms with Crippen LogP contribution in [0.3, 0.4) is 0 Å². The van der Waals surface area contributed by atoms with Gasteiger partial charge in [-0.3, -0.25) is 4.79 Å². The second-order valence-corrected chi connectivity index (χ2v) is 9.09. The minimum atomic E-state index is -3.32. The molecule has 2 aromatic rings. The van der Waals surface area contributed by atoms with Gasteiger partial charge in [0.25, 0.3) is 5.91 Å². The first kappa shape index (κ1) is 17.2. The number of aliphatic hydroxyl groups excluding tert-OH is 1. The van der Waals surface area contributed by atoms with E-state index in [0.717, 1.165) is 18.4 Å². The van der Waals surface area contributed by atoms with Gasteiger partial charge in [0.05, 0.1) is 23.7 Å². The van der Waals surface area contributed by atoms with E-state index in [9.17, 15) is 18.3 Å². The highest BCUT2D eigenvalue weighted by Gasteiger charge is 2.40. The number of amides is 1. The summed E-state index contributed by atoms with van der Waals surface area (Å²) in [5.41, 5.74) is 1.14. The van der Waals surface area contributed by atoms with Gasteiger partial charge in [-0.25, -0.2) is 8.42 Å². The standard InChI is InChI=1S/C17H19N3O5S/c1-20(13-8-26(23,24)9-14(13)21)17(22)12-6-2-10(3-7-12)15-18-16(25-19-15)11-4-5-11/h2-3,6-7,11,13-14,21H,4-5,8-9H2,1H3/t13-,14-/m1/s1. The number of aliphatic hydroxyl groups is 1. The van der Waals surface area contributed by atoms with Crippen molar-refractivity contribution in [1.29, 1.82) is 0 Å². The van der Waals surface area contributed by atoms with Crippen LogP contribution in [0.2, 0.25) is 0 Å². The molecule has 138 valence electrons. The van der Waals surface area contributed by atoms with Gasteiger partial charge in [0.15, 0.2) is 9.84 Å². The van der Waals surface area contributed by atoms with Crippen LogP contribution in [-0.4, -0.2) is 65.2 Å². The number of hydrogen-bond donors (Lipinski definition) is 1. The quantitative estimate of drug-likeness (QED) is 0.840. The normalized spacial score (nSPS) is 24.5. The third-order valence-corrected chi connectivity index (χ3v) is 6.57. The van der Waals surface area contributed by atoms with E-state index in [2.05, 4.69) is 10.1 Å². The van der Waals surface area contributed by atoms with E-state index in [4.69, 9.17) is 4.52 Å². The lowest BCUT2D eigenvalue weighted by molar-refractivity contribution is 0.0581. The summed E-state index contributed by atoms with van der Waals surface area (Å²) in [5, 5.41) is 13.9. The van der Waals surface area contributed by atoms with Crippen molar-refractivity contribution in [3.63, 3.8) is 0 Å². The molecule has 2 aliphatic rings. The molecule has 1 aromatic heterocycles. The van der Waals surface area contributed by atoms with E-state index >= 15 is 0 Å². The van der Waals surface area contributed by atoms with Gasteiger partial charge >= 0.3 is 0 Å². The maximum atomic E-state index is 12.6. The summed E-state index contributed by atoms with van der Waals surface area (Å²) in [7, 11) is -1.81. The zero-order valence-electron chi connectivity index (χ0n) is 14.2. The van der Waals surface area contributed by atoms with Gasteiger partial charge in [-0.05, 0) is 25.0 Å². The summed E-state index contributed by atoms with van der Waals surface area (Å²) in [6.07, 6.45) is 1.09. The Kier molecular flexibility index (Phi) is 4.07. The van der Waals surface area contributed by atoms with Crippen molar-refractivity contribution >= 4 is 15.7 Å². The summed E-state index contributed by atoms with van der Waals surface area (Å²) in [5.74, 6) is 0.633. The van der Waals surface area contributed by atoms with Gasteiger partial charge in [0.2, 0.25) is 11.7 Å². The number of rotatable bonds is 4. The second kappa shape index (κ2) is 6.17. The van der Waals surface area contributed by atoms with Gasteiger partial charge in [-0.1, -0.05) is 17.3 Å². The van der Waals surface area contributed by atoms with Crippen molar-refractivity contribution in [3.8, 4) is 11.4 Å². The fraction of sp³-hybridized carbons (Fsp3) is 0.471. The van der Waals surface area contributed by atoms with Gasteiger partial charge in [-0.2, -0.15) is 4.98 Å². The topological polar surface area (TPSA) is 114 Å². The van der Waals surface area contributed by atoms with Gasteiger partial charge < -0.3 is 14.5 Å². The van der Waals surface area contributed by atoms with Crippen molar-refractivity contribution in [2.45, 2.75) is 30.9 Å². The fourth-order valence-corrected chi connectivity index (χ4v) is 4.99. The Hall–Kier alpha value is -2.26. The lowest BCUT2D eigenvalue weighted by Crippen LogP contribution is -2.44. The van der Waals surface area contributed by atoms with Crippen molar-refractivity contribution < 1.29 is 22.8 Å². The first-order valence-electron chi connectivity index (χ1n) is 8.44. The van der Waals surface area contributed by atoms with Crippen LogP contribution in [0.15, 0.2) is 28.8 Å². The first-order valence-corrected chi connectivity index (χ1v) is 10.3. The molecule has 0 unspecified atom stereocenters. The molecular formula is C17H19N3O5S. The lowest BCUT2D eigenvalue weighted by atomic mass is 10.1. The molecule has 4 rings (SSSR count). The molecule has 0 spiro atoms. The summed E-state index contributed by atoms with van der Waals surface area (Å²) < 4.78 is 28.5. The third-order valence-electron chi connectivity index (χ3n) is 4.87.